The van der Waals surface area contributed by atoms with Crippen molar-refractivity contribution in [2.45, 2.75) is 19.8 Å². The van der Waals surface area contributed by atoms with Crippen molar-refractivity contribution in [2.75, 3.05) is 19.3 Å². The summed E-state index contributed by atoms with van der Waals surface area (Å²) in [4.78, 5) is 0. The van der Waals surface area contributed by atoms with E-state index < -0.39 is 0 Å². The number of hydrogen-bond acceptors (Lipinski definition) is 3. The van der Waals surface area contributed by atoms with E-state index in [2.05, 4.69) is 12.2 Å². The first-order valence-corrected chi connectivity index (χ1v) is 4.87. The van der Waals surface area contributed by atoms with Crippen LogP contribution in [-0.4, -0.2) is 23.9 Å². The van der Waals surface area contributed by atoms with Crippen LogP contribution in [-0.2, 0) is 0 Å². The topological polar surface area (TPSA) is 32.3 Å². The molecule has 1 fully saturated rings. The second-order valence-electron chi connectivity index (χ2n) is 2.62. The third-order valence-electron chi connectivity index (χ3n) is 1.63. The Morgan fingerprint density at radius 3 is 2.00 bits per heavy atom. The van der Waals surface area contributed by atoms with Gasteiger partial charge in [0.15, 0.2) is 0 Å². The van der Waals surface area contributed by atoms with E-state index in [1.54, 1.807) is 6.26 Å². The summed E-state index contributed by atoms with van der Waals surface area (Å²) in [6.45, 7) is 4.79. The Hall–Kier alpha value is 0.270. The van der Waals surface area contributed by atoms with Crippen LogP contribution in [0.3, 0.4) is 0 Å². The van der Waals surface area contributed by atoms with Gasteiger partial charge in [-0.05, 0) is 43.9 Å². The molecule has 1 rings (SSSR count). The number of piperidine rings is 1. The molecule has 1 saturated heterocycles. The van der Waals surface area contributed by atoms with Gasteiger partial charge in [0.2, 0.25) is 0 Å². The molecule has 2 nitrogen and oxygen atoms in total. The lowest BCUT2D eigenvalue weighted by Gasteiger charge is -2.17. The van der Waals surface area contributed by atoms with Crippen molar-refractivity contribution in [3.05, 3.63) is 0 Å². The molecule has 0 aromatic rings. The van der Waals surface area contributed by atoms with Gasteiger partial charge in [0.1, 0.15) is 0 Å². The third-order valence-corrected chi connectivity index (χ3v) is 1.63. The van der Waals surface area contributed by atoms with Gasteiger partial charge in [-0.25, -0.2) is 0 Å². The van der Waals surface area contributed by atoms with E-state index in [9.17, 15) is 0 Å². The lowest BCUT2D eigenvalue weighted by molar-refractivity contribution is 0.402. The summed E-state index contributed by atoms with van der Waals surface area (Å²) >= 11 is 0.750. The van der Waals surface area contributed by atoms with Gasteiger partial charge < -0.3 is 9.87 Å². The fourth-order valence-corrected chi connectivity index (χ4v) is 0.966. The molecule has 0 atom stereocenters. The van der Waals surface area contributed by atoms with Crippen LogP contribution < -0.4 is 5.32 Å². The average Bonchev–Trinajstić information content (AvgIpc) is 1.91. The maximum Gasteiger partial charge on any atom is 0.00795 e. The summed E-state index contributed by atoms with van der Waals surface area (Å²) in [6, 6.07) is 0. The van der Waals surface area contributed by atoms with Crippen molar-refractivity contribution in [3.63, 3.8) is 0 Å². The van der Waals surface area contributed by atoms with Crippen molar-refractivity contribution in [1.82, 2.24) is 5.32 Å². The highest BCUT2D eigenvalue weighted by Gasteiger charge is 2.04. The van der Waals surface area contributed by atoms with E-state index >= 15 is 0 Å². The molecular formula is C7H17NOS. The summed E-state index contributed by atoms with van der Waals surface area (Å²) in [7, 11) is 0. The number of hydrogen-bond donors (Lipinski definition) is 2. The average molecular weight is 163 g/mol. The zero-order valence-electron chi connectivity index (χ0n) is 6.76. The molecule has 10 heavy (non-hydrogen) atoms. The smallest absolute Gasteiger partial charge is 0.00795 e. The predicted molar refractivity (Wildman–Crippen MR) is 47.4 cm³/mol. The van der Waals surface area contributed by atoms with E-state index in [-0.39, 0.29) is 0 Å². The molecule has 0 aromatic heterocycles. The molecule has 0 amide bonds. The normalized spacial score (nSPS) is 19.5. The minimum absolute atomic E-state index is 0.750. The predicted octanol–water partition coefficient (Wildman–Crippen LogP) is 1.83. The summed E-state index contributed by atoms with van der Waals surface area (Å²) in [5.41, 5.74) is 0. The first-order valence-electron chi connectivity index (χ1n) is 3.69. The Labute approximate surface area is 67.6 Å². The van der Waals surface area contributed by atoms with E-state index in [4.69, 9.17) is 4.55 Å². The Balaban J connectivity index is 0.000000236. The highest BCUT2D eigenvalue weighted by Crippen LogP contribution is 2.08. The summed E-state index contributed by atoms with van der Waals surface area (Å²) in [6.07, 6.45) is 4.35. The van der Waals surface area contributed by atoms with Crippen LogP contribution in [0.2, 0.25) is 0 Å². The minimum Gasteiger partial charge on any atom is -0.330 e. The van der Waals surface area contributed by atoms with Crippen molar-refractivity contribution in [2.24, 2.45) is 5.92 Å². The van der Waals surface area contributed by atoms with Gasteiger partial charge in [-0.1, -0.05) is 6.92 Å². The molecule has 0 unspecified atom stereocenters. The third kappa shape index (κ3) is 6.39. The molecule has 1 aliphatic rings. The molecule has 3 heteroatoms. The minimum atomic E-state index is 0.750. The summed E-state index contributed by atoms with van der Waals surface area (Å²) < 4.78 is 7.49. The maximum atomic E-state index is 7.49. The largest absolute Gasteiger partial charge is 0.330 e. The van der Waals surface area contributed by atoms with Gasteiger partial charge in [0, 0.05) is 6.26 Å². The quantitative estimate of drug-likeness (QED) is 0.534. The van der Waals surface area contributed by atoms with E-state index in [1.165, 1.54) is 25.9 Å². The second-order valence-corrected chi connectivity index (χ2v) is 2.98. The molecular weight excluding hydrogens is 146 g/mol. The molecule has 0 spiro atoms. The van der Waals surface area contributed by atoms with E-state index in [0.717, 1.165) is 18.0 Å². The van der Waals surface area contributed by atoms with Gasteiger partial charge in [-0.2, -0.15) is 0 Å². The van der Waals surface area contributed by atoms with Crippen LogP contribution in [0.15, 0.2) is 0 Å². The van der Waals surface area contributed by atoms with Gasteiger partial charge in [0.25, 0.3) is 0 Å². The lowest BCUT2D eigenvalue weighted by Crippen LogP contribution is -2.26. The monoisotopic (exact) mass is 163 g/mol. The molecule has 1 aliphatic heterocycles. The van der Waals surface area contributed by atoms with E-state index in [1.807, 2.05) is 0 Å². The number of rotatable bonds is 0. The van der Waals surface area contributed by atoms with Crippen molar-refractivity contribution >= 4 is 12.0 Å². The molecule has 0 radical (unpaired) electrons. The van der Waals surface area contributed by atoms with Crippen LogP contribution in [0.5, 0.6) is 0 Å². The maximum absolute atomic E-state index is 7.49. The number of nitrogens with one attached hydrogen (secondary N) is 1. The molecule has 1 heterocycles. The fourth-order valence-electron chi connectivity index (χ4n) is 0.966. The fraction of sp³-hybridized carbons (Fsp3) is 1.00. The van der Waals surface area contributed by atoms with Crippen LogP contribution in [0, 0.1) is 5.92 Å². The highest BCUT2D eigenvalue weighted by molar-refractivity contribution is 7.93. The highest BCUT2D eigenvalue weighted by atomic mass is 32.2. The summed E-state index contributed by atoms with van der Waals surface area (Å²) in [5, 5.41) is 3.32. The lowest BCUT2D eigenvalue weighted by atomic mass is 10.0. The SMILES string of the molecule is CC1CCNCC1.CSO. The zero-order chi connectivity index (χ0) is 7.82. The van der Waals surface area contributed by atoms with Crippen LogP contribution >= 0.6 is 12.0 Å². The van der Waals surface area contributed by atoms with Crippen LogP contribution in [0.25, 0.3) is 0 Å². The molecule has 0 bridgehead atoms. The molecule has 0 aliphatic carbocycles. The molecule has 0 aromatic carbocycles. The van der Waals surface area contributed by atoms with Crippen LogP contribution in [0.4, 0.5) is 0 Å². The Bertz CT molecular complexity index is 64.6. The van der Waals surface area contributed by atoms with Gasteiger partial charge >= 0.3 is 0 Å². The van der Waals surface area contributed by atoms with Crippen molar-refractivity contribution in [1.29, 1.82) is 0 Å². The molecule has 2 N–H and O–H groups in total. The molecule has 0 saturated carbocycles. The Morgan fingerprint density at radius 2 is 1.80 bits per heavy atom. The van der Waals surface area contributed by atoms with Gasteiger partial charge in [-0.15, -0.1) is 0 Å². The van der Waals surface area contributed by atoms with Crippen molar-refractivity contribution in [3.8, 4) is 0 Å². The standard InChI is InChI=1S/C6H13N.CH4OS/c1-6-2-4-7-5-3-6;1-3-2/h6-7H,2-5H2,1H3;2H,1H3. The zero-order valence-corrected chi connectivity index (χ0v) is 7.58. The summed E-state index contributed by atoms with van der Waals surface area (Å²) in [5.74, 6) is 0.973. The first kappa shape index (κ1) is 10.3. The van der Waals surface area contributed by atoms with Gasteiger partial charge in [0.05, 0.1) is 0 Å². The first-order chi connectivity index (χ1) is 4.81. The van der Waals surface area contributed by atoms with Gasteiger partial charge in [-0.3, -0.25) is 0 Å². The Kier molecular flexibility index (Phi) is 7.58. The Morgan fingerprint density at radius 1 is 1.40 bits per heavy atom. The van der Waals surface area contributed by atoms with Crippen LogP contribution in [0.1, 0.15) is 19.8 Å². The van der Waals surface area contributed by atoms with Crippen molar-refractivity contribution < 1.29 is 4.55 Å². The molecule has 62 valence electrons. The van der Waals surface area contributed by atoms with E-state index in [0.29, 0.717) is 0 Å². The second kappa shape index (κ2) is 7.38.